The van der Waals surface area contributed by atoms with Crippen molar-refractivity contribution in [1.82, 2.24) is 14.8 Å². The second kappa shape index (κ2) is 5.01. The molecule has 0 spiro atoms. The highest BCUT2D eigenvalue weighted by Crippen LogP contribution is 2.36. The lowest BCUT2D eigenvalue weighted by molar-refractivity contribution is 0.627. The Kier molecular flexibility index (Phi) is 3.17. The molecule has 0 radical (unpaired) electrons. The quantitative estimate of drug-likeness (QED) is 0.785. The van der Waals surface area contributed by atoms with Gasteiger partial charge in [-0.2, -0.15) is 5.10 Å². The average molecular weight is 282 g/mol. The van der Waals surface area contributed by atoms with Crippen LogP contribution in [0.2, 0.25) is 0 Å². The van der Waals surface area contributed by atoms with Crippen LogP contribution in [0.4, 0.5) is 10.2 Å². The maximum atomic E-state index is 13.3. The molecule has 0 aliphatic rings. The third kappa shape index (κ3) is 2.27. The molecule has 0 saturated heterocycles. The van der Waals surface area contributed by atoms with Crippen LogP contribution in [0.5, 0.6) is 0 Å². The minimum absolute atomic E-state index is 0.264. The molecule has 0 aliphatic carbocycles. The Balaban J connectivity index is 2.27. The lowest BCUT2D eigenvalue weighted by Gasteiger charge is -2.06. The molecule has 0 aliphatic heterocycles. The molecule has 0 bridgehead atoms. The third-order valence-electron chi connectivity index (χ3n) is 3.46. The first-order chi connectivity index (χ1) is 10.1. The monoisotopic (exact) mass is 282 g/mol. The minimum Gasteiger partial charge on any atom is -0.383 e. The fourth-order valence-corrected chi connectivity index (χ4v) is 2.38. The van der Waals surface area contributed by atoms with Gasteiger partial charge < -0.3 is 5.73 Å². The Bertz CT molecular complexity index is 794. The van der Waals surface area contributed by atoms with Crippen molar-refractivity contribution < 1.29 is 4.39 Å². The zero-order valence-corrected chi connectivity index (χ0v) is 11.8. The summed E-state index contributed by atoms with van der Waals surface area (Å²) >= 11 is 0. The van der Waals surface area contributed by atoms with Crippen LogP contribution in [0, 0.1) is 12.7 Å². The molecule has 0 amide bonds. The number of nitrogen functional groups attached to an aromatic ring is 1. The van der Waals surface area contributed by atoms with E-state index in [0.29, 0.717) is 11.5 Å². The maximum Gasteiger partial charge on any atom is 0.131 e. The van der Waals surface area contributed by atoms with Crippen molar-refractivity contribution in [2.24, 2.45) is 7.05 Å². The largest absolute Gasteiger partial charge is 0.383 e. The summed E-state index contributed by atoms with van der Waals surface area (Å²) in [7, 11) is 1.78. The summed E-state index contributed by atoms with van der Waals surface area (Å²) in [6.07, 6.45) is 1.71. The molecular weight excluding hydrogens is 267 g/mol. The van der Waals surface area contributed by atoms with Gasteiger partial charge in [0.05, 0.1) is 11.3 Å². The van der Waals surface area contributed by atoms with E-state index in [-0.39, 0.29) is 5.82 Å². The predicted molar refractivity (Wildman–Crippen MR) is 81.0 cm³/mol. The topological polar surface area (TPSA) is 56.7 Å². The number of hydrogen-bond donors (Lipinski definition) is 1. The molecule has 3 rings (SSSR count). The Labute approximate surface area is 122 Å². The van der Waals surface area contributed by atoms with Gasteiger partial charge in [0, 0.05) is 18.8 Å². The number of anilines is 1. The molecule has 2 N–H and O–H groups in total. The van der Waals surface area contributed by atoms with Crippen LogP contribution in [-0.4, -0.2) is 14.8 Å². The summed E-state index contributed by atoms with van der Waals surface area (Å²) in [5.41, 5.74) is 10.0. The number of aryl methyl sites for hydroxylation is 2. The molecule has 0 fully saturated rings. The van der Waals surface area contributed by atoms with E-state index in [1.807, 2.05) is 25.1 Å². The van der Waals surface area contributed by atoms with E-state index >= 15 is 0 Å². The van der Waals surface area contributed by atoms with Gasteiger partial charge in [-0.15, -0.1) is 0 Å². The number of nitrogens with two attached hydrogens (primary N) is 1. The van der Waals surface area contributed by atoms with Crippen LogP contribution in [-0.2, 0) is 7.05 Å². The summed E-state index contributed by atoms with van der Waals surface area (Å²) < 4.78 is 14.9. The molecule has 0 saturated carbocycles. The van der Waals surface area contributed by atoms with E-state index in [1.54, 1.807) is 24.0 Å². The smallest absolute Gasteiger partial charge is 0.131 e. The predicted octanol–water partition coefficient (Wildman–Crippen LogP) is 3.18. The molecule has 0 unspecified atom stereocenters. The first kappa shape index (κ1) is 13.3. The van der Waals surface area contributed by atoms with Crippen molar-refractivity contribution in [3.05, 3.63) is 54.0 Å². The van der Waals surface area contributed by atoms with E-state index in [9.17, 15) is 4.39 Å². The molecule has 2 heterocycles. The second-order valence-electron chi connectivity index (χ2n) is 4.91. The van der Waals surface area contributed by atoms with E-state index in [4.69, 9.17) is 5.73 Å². The lowest BCUT2D eigenvalue weighted by atomic mass is 10.0. The molecule has 3 aromatic rings. The molecule has 21 heavy (non-hydrogen) atoms. The van der Waals surface area contributed by atoms with Gasteiger partial charge in [0.25, 0.3) is 0 Å². The van der Waals surface area contributed by atoms with Crippen LogP contribution in [0.3, 0.4) is 0 Å². The lowest BCUT2D eigenvalue weighted by Crippen LogP contribution is -1.98. The van der Waals surface area contributed by atoms with Gasteiger partial charge in [0.2, 0.25) is 0 Å². The van der Waals surface area contributed by atoms with E-state index in [1.165, 1.54) is 12.1 Å². The van der Waals surface area contributed by atoms with Gasteiger partial charge in [-0.3, -0.25) is 9.67 Å². The summed E-state index contributed by atoms with van der Waals surface area (Å²) in [4.78, 5) is 4.35. The summed E-state index contributed by atoms with van der Waals surface area (Å²) in [6.45, 7) is 1.85. The molecule has 106 valence electrons. The highest BCUT2D eigenvalue weighted by atomic mass is 19.1. The maximum absolute atomic E-state index is 13.3. The summed E-state index contributed by atoms with van der Waals surface area (Å²) in [5, 5.41) is 4.48. The van der Waals surface area contributed by atoms with Gasteiger partial charge in [0.1, 0.15) is 17.3 Å². The number of rotatable bonds is 2. The van der Waals surface area contributed by atoms with Gasteiger partial charge in [-0.1, -0.05) is 6.07 Å². The normalized spacial score (nSPS) is 10.8. The number of aromatic nitrogens is 3. The molecule has 4 nitrogen and oxygen atoms in total. The molecule has 5 heteroatoms. The molecule has 1 aromatic carbocycles. The SMILES string of the molecule is Cc1cc(F)ccc1-c1nn(C)c(N)c1-c1ccccn1. The number of hydrogen-bond acceptors (Lipinski definition) is 3. The number of nitrogens with zero attached hydrogens (tertiary/aromatic N) is 3. The number of pyridine rings is 1. The molecule has 0 atom stereocenters. The molecule has 2 aromatic heterocycles. The Morgan fingerprint density at radius 3 is 2.67 bits per heavy atom. The van der Waals surface area contributed by atoms with Crippen molar-refractivity contribution >= 4 is 5.82 Å². The van der Waals surface area contributed by atoms with Gasteiger partial charge >= 0.3 is 0 Å². The fraction of sp³-hybridized carbons (Fsp3) is 0.125. The minimum atomic E-state index is -0.264. The van der Waals surface area contributed by atoms with Gasteiger partial charge in [-0.05, 0) is 42.8 Å². The summed E-state index contributed by atoms with van der Waals surface area (Å²) in [6, 6.07) is 10.3. The van der Waals surface area contributed by atoms with Gasteiger partial charge in [0.15, 0.2) is 0 Å². The van der Waals surface area contributed by atoms with Crippen LogP contribution in [0.25, 0.3) is 22.5 Å². The van der Waals surface area contributed by atoms with Crippen molar-refractivity contribution in [2.45, 2.75) is 6.92 Å². The Morgan fingerprint density at radius 2 is 2.00 bits per heavy atom. The highest BCUT2D eigenvalue weighted by molar-refractivity contribution is 5.87. The average Bonchev–Trinajstić information content (AvgIpc) is 2.75. The van der Waals surface area contributed by atoms with Gasteiger partial charge in [-0.25, -0.2) is 4.39 Å². The zero-order valence-electron chi connectivity index (χ0n) is 11.8. The number of benzene rings is 1. The number of halogens is 1. The standard InChI is InChI=1S/C16H15FN4/c1-10-9-11(17)6-7-12(10)15-14(16(18)21(2)20-15)13-5-3-4-8-19-13/h3-9H,18H2,1-2H3. The van der Waals surface area contributed by atoms with E-state index in [0.717, 1.165) is 22.4 Å². The van der Waals surface area contributed by atoms with E-state index < -0.39 is 0 Å². The zero-order chi connectivity index (χ0) is 15.0. The first-order valence-corrected chi connectivity index (χ1v) is 6.58. The van der Waals surface area contributed by atoms with Crippen molar-refractivity contribution in [3.63, 3.8) is 0 Å². The second-order valence-corrected chi connectivity index (χ2v) is 4.91. The Morgan fingerprint density at radius 1 is 1.19 bits per heavy atom. The van der Waals surface area contributed by atoms with Crippen molar-refractivity contribution in [1.29, 1.82) is 0 Å². The Hall–Kier alpha value is -2.69. The van der Waals surface area contributed by atoms with E-state index in [2.05, 4.69) is 10.1 Å². The van der Waals surface area contributed by atoms with Crippen molar-refractivity contribution in [3.8, 4) is 22.5 Å². The van der Waals surface area contributed by atoms with Crippen molar-refractivity contribution in [2.75, 3.05) is 5.73 Å². The molecular formula is C16H15FN4. The third-order valence-corrected chi connectivity index (χ3v) is 3.46. The fourth-order valence-electron chi connectivity index (χ4n) is 2.38. The van der Waals surface area contributed by atoms with Crippen LogP contribution in [0.15, 0.2) is 42.6 Å². The first-order valence-electron chi connectivity index (χ1n) is 6.58. The van der Waals surface area contributed by atoms with Crippen LogP contribution in [0.1, 0.15) is 5.56 Å². The van der Waals surface area contributed by atoms with Crippen LogP contribution < -0.4 is 5.73 Å². The van der Waals surface area contributed by atoms with Crippen LogP contribution >= 0.6 is 0 Å². The summed E-state index contributed by atoms with van der Waals surface area (Å²) in [5.74, 6) is 0.270. The highest BCUT2D eigenvalue weighted by Gasteiger charge is 2.19.